The second kappa shape index (κ2) is 7.71. The van der Waals surface area contributed by atoms with Crippen molar-refractivity contribution >= 4 is 21.9 Å². The number of nitrogens with one attached hydrogen (secondary N) is 1. The normalized spacial score (nSPS) is 19.1. The van der Waals surface area contributed by atoms with Crippen LogP contribution in [0.25, 0.3) is 0 Å². The summed E-state index contributed by atoms with van der Waals surface area (Å²) in [7, 11) is -1.81. The number of carbonyl (C=O) groups excluding carboxylic acids is 1. The zero-order valence-electron chi connectivity index (χ0n) is 12.2. The Morgan fingerprint density at radius 2 is 1.95 bits per heavy atom. The SMILES string of the molecule is COC(CNC(=O)C1CCN(S(C)(=O)=O)CC1)CC(=O)O. The lowest BCUT2D eigenvalue weighted by Gasteiger charge is -2.29. The van der Waals surface area contributed by atoms with E-state index in [2.05, 4.69) is 5.32 Å². The third-order valence-corrected chi connectivity index (χ3v) is 4.84. The highest BCUT2D eigenvalue weighted by Crippen LogP contribution is 2.19. The van der Waals surface area contributed by atoms with Gasteiger partial charge in [0.25, 0.3) is 0 Å². The zero-order chi connectivity index (χ0) is 16.0. The topological polar surface area (TPSA) is 113 Å². The van der Waals surface area contributed by atoms with Crippen molar-refractivity contribution in [2.24, 2.45) is 5.92 Å². The molecule has 0 spiro atoms. The second-order valence-corrected chi connectivity index (χ2v) is 7.12. The number of aliphatic carboxylic acids is 1. The molecule has 0 saturated carbocycles. The van der Waals surface area contributed by atoms with E-state index in [1.165, 1.54) is 11.4 Å². The third kappa shape index (κ3) is 5.98. The average Bonchev–Trinajstić information content (AvgIpc) is 2.41. The van der Waals surface area contributed by atoms with Crippen molar-refractivity contribution in [2.75, 3.05) is 33.0 Å². The Bertz CT molecular complexity index is 470. The van der Waals surface area contributed by atoms with E-state index >= 15 is 0 Å². The number of rotatable bonds is 7. The first-order chi connectivity index (χ1) is 9.74. The van der Waals surface area contributed by atoms with Gasteiger partial charge < -0.3 is 15.2 Å². The molecule has 1 saturated heterocycles. The molecule has 21 heavy (non-hydrogen) atoms. The number of hydrogen-bond acceptors (Lipinski definition) is 5. The summed E-state index contributed by atoms with van der Waals surface area (Å²) in [5.74, 6) is -1.42. The highest BCUT2D eigenvalue weighted by Gasteiger charge is 2.29. The van der Waals surface area contributed by atoms with Crippen LogP contribution in [0.4, 0.5) is 0 Å². The maximum absolute atomic E-state index is 12.0. The van der Waals surface area contributed by atoms with Crippen molar-refractivity contribution < 1.29 is 27.9 Å². The number of carbonyl (C=O) groups is 2. The van der Waals surface area contributed by atoms with Crippen LogP contribution in [0.1, 0.15) is 19.3 Å². The highest BCUT2D eigenvalue weighted by molar-refractivity contribution is 7.88. The molecule has 1 fully saturated rings. The van der Waals surface area contributed by atoms with Gasteiger partial charge in [0.05, 0.1) is 18.8 Å². The summed E-state index contributed by atoms with van der Waals surface area (Å²) >= 11 is 0. The smallest absolute Gasteiger partial charge is 0.306 e. The summed E-state index contributed by atoms with van der Waals surface area (Å²) in [6.07, 6.45) is 1.35. The van der Waals surface area contributed by atoms with Crippen molar-refractivity contribution in [3.63, 3.8) is 0 Å². The molecule has 1 amide bonds. The number of nitrogens with zero attached hydrogens (tertiary/aromatic N) is 1. The molecule has 1 heterocycles. The van der Waals surface area contributed by atoms with Crippen LogP contribution >= 0.6 is 0 Å². The Balaban J connectivity index is 2.39. The van der Waals surface area contributed by atoms with Crippen LogP contribution in [-0.2, 0) is 24.3 Å². The van der Waals surface area contributed by atoms with Gasteiger partial charge in [-0.15, -0.1) is 0 Å². The minimum absolute atomic E-state index is 0.133. The van der Waals surface area contributed by atoms with E-state index in [1.807, 2.05) is 0 Å². The molecule has 8 nitrogen and oxygen atoms in total. The Labute approximate surface area is 124 Å². The summed E-state index contributed by atoms with van der Waals surface area (Å²) in [4.78, 5) is 22.6. The van der Waals surface area contributed by atoms with E-state index in [9.17, 15) is 18.0 Å². The predicted octanol–water partition coefficient (Wildman–Crippen LogP) is -0.736. The second-order valence-electron chi connectivity index (χ2n) is 5.14. The fourth-order valence-electron chi connectivity index (χ4n) is 2.24. The summed E-state index contributed by atoms with van der Waals surface area (Å²) in [6, 6.07) is 0. The molecule has 1 aliphatic heterocycles. The molecule has 0 radical (unpaired) electrons. The number of sulfonamides is 1. The molecule has 0 aromatic carbocycles. The van der Waals surface area contributed by atoms with E-state index in [4.69, 9.17) is 9.84 Å². The standard InChI is InChI=1S/C12H22N2O6S/c1-20-10(7-11(15)16)8-13-12(17)9-3-5-14(6-4-9)21(2,18)19/h9-10H,3-8H2,1-2H3,(H,13,17)(H,15,16). The van der Waals surface area contributed by atoms with E-state index in [-0.39, 0.29) is 24.8 Å². The fourth-order valence-corrected chi connectivity index (χ4v) is 3.12. The van der Waals surface area contributed by atoms with Crippen LogP contribution in [-0.4, -0.2) is 68.8 Å². The van der Waals surface area contributed by atoms with Crippen LogP contribution in [0.15, 0.2) is 0 Å². The monoisotopic (exact) mass is 322 g/mol. The zero-order valence-corrected chi connectivity index (χ0v) is 13.1. The molecule has 0 aromatic rings. The van der Waals surface area contributed by atoms with Crippen LogP contribution in [0.5, 0.6) is 0 Å². The number of carboxylic acid groups (broad SMARTS) is 1. The molecule has 1 aliphatic rings. The third-order valence-electron chi connectivity index (χ3n) is 3.53. The van der Waals surface area contributed by atoms with E-state index in [1.54, 1.807) is 0 Å². The number of hydrogen-bond donors (Lipinski definition) is 2. The lowest BCUT2D eigenvalue weighted by Crippen LogP contribution is -2.44. The molecule has 1 rings (SSSR count). The minimum Gasteiger partial charge on any atom is -0.481 e. The number of ether oxygens (including phenoxy) is 1. The lowest BCUT2D eigenvalue weighted by molar-refractivity contribution is -0.140. The Kier molecular flexibility index (Phi) is 6.56. The van der Waals surface area contributed by atoms with Crippen molar-refractivity contribution in [2.45, 2.75) is 25.4 Å². The Morgan fingerprint density at radius 1 is 1.38 bits per heavy atom. The summed E-state index contributed by atoms with van der Waals surface area (Å²) in [5.41, 5.74) is 0. The van der Waals surface area contributed by atoms with Crippen molar-refractivity contribution in [1.29, 1.82) is 0 Å². The molecular formula is C12H22N2O6S. The van der Waals surface area contributed by atoms with Gasteiger partial charge in [0.15, 0.2) is 0 Å². The maximum Gasteiger partial charge on any atom is 0.306 e. The molecule has 9 heteroatoms. The molecule has 1 unspecified atom stereocenters. The summed E-state index contributed by atoms with van der Waals surface area (Å²) in [6.45, 7) is 0.799. The highest BCUT2D eigenvalue weighted by atomic mass is 32.2. The molecule has 2 N–H and O–H groups in total. The predicted molar refractivity (Wildman–Crippen MR) is 75.2 cm³/mol. The van der Waals surface area contributed by atoms with Gasteiger partial charge >= 0.3 is 5.97 Å². The van der Waals surface area contributed by atoms with E-state index in [0.29, 0.717) is 25.9 Å². The Hall–Kier alpha value is -1.19. The van der Waals surface area contributed by atoms with Crippen LogP contribution in [0.3, 0.4) is 0 Å². The van der Waals surface area contributed by atoms with Crippen molar-refractivity contribution in [1.82, 2.24) is 9.62 Å². The van der Waals surface area contributed by atoms with Gasteiger partial charge in [-0.05, 0) is 12.8 Å². The van der Waals surface area contributed by atoms with Gasteiger partial charge in [0.2, 0.25) is 15.9 Å². The number of amides is 1. The molecule has 1 atom stereocenters. The maximum atomic E-state index is 12.0. The van der Waals surface area contributed by atoms with Gasteiger partial charge in [-0.25, -0.2) is 12.7 Å². The van der Waals surface area contributed by atoms with Crippen LogP contribution in [0.2, 0.25) is 0 Å². The average molecular weight is 322 g/mol. The van der Waals surface area contributed by atoms with Gasteiger partial charge in [0, 0.05) is 32.7 Å². The van der Waals surface area contributed by atoms with Crippen LogP contribution < -0.4 is 5.32 Å². The van der Waals surface area contributed by atoms with Crippen molar-refractivity contribution in [3.05, 3.63) is 0 Å². The molecule has 0 aromatic heterocycles. The number of piperidine rings is 1. The first-order valence-electron chi connectivity index (χ1n) is 6.71. The quantitative estimate of drug-likeness (QED) is 0.638. The summed E-state index contributed by atoms with van der Waals surface area (Å²) < 4.78 is 29.1. The van der Waals surface area contributed by atoms with Gasteiger partial charge in [-0.1, -0.05) is 0 Å². The molecular weight excluding hydrogens is 300 g/mol. The molecule has 0 aliphatic carbocycles. The molecule has 122 valence electrons. The first kappa shape index (κ1) is 17.9. The van der Waals surface area contributed by atoms with E-state index in [0.717, 1.165) is 6.26 Å². The van der Waals surface area contributed by atoms with Crippen molar-refractivity contribution in [3.8, 4) is 0 Å². The first-order valence-corrected chi connectivity index (χ1v) is 8.56. The Morgan fingerprint density at radius 3 is 2.38 bits per heavy atom. The van der Waals surface area contributed by atoms with Gasteiger partial charge in [-0.3, -0.25) is 9.59 Å². The van der Waals surface area contributed by atoms with Crippen LogP contribution in [0, 0.1) is 5.92 Å². The van der Waals surface area contributed by atoms with E-state index < -0.39 is 22.1 Å². The molecule has 0 bridgehead atoms. The summed E-state index contributed by atoms with van der Waals surface area (Å²) in [5, 5.41) is 11.3. The van der Waals surface area contributed by atoms with Gasteiger partial charge in [0.1, 0.15) is 0 Å². The van der Waals surface area contributed by atoms with Gasteiger partial charge in [-0.2, -0.15) is 0 Å². The largest absolute Gasteiger partial charge is 0.481 e. The number of methoxy groups -OCH3 is 1. The lowest BCUT2D eigenvalue weighted by atomic mass is 9.97. The number of carboxylic acids is 1. The fraction of sp³-hybridized carbons (Fsp3) is 0.833. The minimum atomic E-state index is -3.20.